The lowest BCUT2D eigenvalue weighted by Gasteiger charge is -1.86. The van der Waals surface area contributed by atoms with Crippen molar-refractivity contribution in [1.29, 1.82) is 0 Å². The van der Waals surface area contributed by atoms with E-state index in [1.54, 1.807) is 4.88 Å². The van der Waals surface area contributed by atoms with Crippen molar-refractivity contribution < 1.29 is 0 Å². The molecule has 0 saturated heterocycles. The molecule has 1 aliphatic rings. The molecule has 1 saturated carbocycles. The van der Waals surface area contributed by atoms with Gasteiger partial charge in [-0.15, -0.1) is 11.3 Å². The van der Waals surface area contributed by atoms with Crippen LogP contribution in [0.25, 0.3) is 0 Å². The summed E-state index contributed by atoms with van der Waals surface area (Å²) in [5, 5.41) is 0. The number of hydrogen-bond acceptors (Lipinski definition) is 2. The van der Waals surface area contributed by atoms with Gasteiger partial charge in [0.1, 0.15) is 0 Å². The largest absolute Gasteiger partial charge is 0.326 e. The number of nitrogens with two attached hydrogens (primary N) is 1. The van der Waals surface area contributed by atoms with Crippen molar-refractivity contribution in [2.24, 2.45) is 5.73 Å². The number of thiophene rings is 1. The molecule has 0 unspecified atom stereocenters. The molecule has 0 aliphatic heterocycles. The predicted molar refractivity (Wildman–Crippen MR) is 44.2 cm³/mol. The fourth-order valence-corrected chi connectivity index (χ4v) is 2.15. The molecule has 1 aromatic rings. The van der Waals surface area contributed by atoms with Gasteiger partial charge in [-0.2, -0.15) is 0 Å². The van der Waals surface area contributed by atoms with Gasteiger partial charge >= 0.3 is 0 Å². The molecule has 2 N–H and O–H groups in total. The number of rotatable bonds is 2. The Kier molecular flexibility index (Phi) is 1.51. The Bertz CT molecular complexity index is 225. The standard InChI is InChI=1S/C8H11NS/c9-5-7-3-4-8(10-7)6-1-2-6/h3-4,6H,1-2,5,9H2. The second-order valence-electron chi connectivity index (χ2n) is 2.78. The summed E-state index contributed by atoms with van der Waals surface area (Å²) in [6.45, 7) is 0.706. The van der Waals surface area contributed by atoms with Crippen molar-refractivity contribution in [3.8, 4) is 0 Å². The first-order valence-corrected chi connectivity index (χ1v) is 4.50. The lowest BCUT2D eigenvalue weighted by molar-refractivity contribution is 1.11. The molecule has 0 radical (unpaired) electrons. The first-order chi connectivity index (χ1) is 4.90. The van der Waals surface area contributed by atoms with E-state index in [-0.39, 0.29) is 0 Å². The van der Waals surface area contributed by atoms with Crippen molar-refractivity contribution >= 4 is 11.3 Å². The lowest BCUT2D eigenvalue weighted by atomic mass is 10.3. The van der Waals surface area contributed by atoms with Crippen LogP contribution in [0.1, 0.15) is 28.5 Å². The minimum absolute atomic E-state index is 0.706. The summed E-state index contributed by atoms with van der Waals surface area (Å²) >= 11 is 1.88. The van der Waals surface area contributed by atoms with Crippen LogP contribution in [0.15, 0.2) is 12.1 Å². The molecule has 0 bridgehead atoms. The van der Waals surface area contributed by atoms with E-state index < -0.39 is 0 Å². The van der Waals surface area contributed by atoms with Crippen LogP contribution in [0.3, 0.4) is 0 Å². The van der Waals surface area contributed by atoms with Gasteiger partial charge < -0.3 is 5.73 Å². The quantitative estimate of drug-likeness (QED) is 0.691. The van der Waals surface area contributed by atoms with Crippen LogP contribution in [-0.2, 0) is 6.54 Å². The zero-order valence-corrected chi connectivity index (χ0v) is 6.66. The average Bonchev–Trinajstić information content (AvgIpc) is 2.70. The van der Waals surface area contributed by atoms with Crippen molar-refractivity contribution in [3.05, 3.63) is 21.9 Å². The van der Waals surface area contributed by atoms with E-state index in [0.717, 1.165) is 5.92 Å². The summed E-state index contributed by atoms with van der Waals surface area (Å²) in [5.41, 5.74) is 5.49. The topological polar surface area (TPSA) is 26.0 Å². The van der Waals surface area contributed by atoms with Gasteiger partial charge in [-0.25, -0.2) is 0 Å². The van der Waals surface area contributed by atoms with Gasteiger partial charge in [-0.1, -0.05) is 0 Å². The third-order valence-corrected chi connectivity index (χ3v) is 3.13. The van der Waals surface area contributed by atoms with Gasteiger partial charge in [0.2, 0.25) is 0 Å². The highest BCUT2D eigenvalue weighted by Gasteiger charge is 2.24. The maximum Gasteiger partial charge on any atom is 0.0273 e. The Morgan fingerprint density at radius 3 is 2.80 bits per heavy atom. The summed E-state index contributed by atoms with van der Waals surface area (Å²) < 4.78 is 0. The van der Waals surface area contributed by atoms with Crippen molar-refractivity contribution in [2.45, 2.75) is 25.3 Å². The predicted octanol–water partition coefficient (Wildman–Crippen LogP) is 2.08. The van der Waals surface area contributed by atoms with Crippen LogP contribution in [0, 0.1) is 0 Å². The van der Waals surface area contributed by atoms with Crippen molar-refractivity contribution in [1.82, 2.24) is 0 Å². The van der Waals surface area contributed by atoms with E-state index in [2.05, 4.69) is 12.1 Å². The molecule has 1 aromatic heterocycles. The van der Waals surface area contributed by atoms with Crippen molar-refractivity contribution in [3.63, 3.8) is 0 Å². The molecule has 1 nitrogen and oxygen atoms in total. The van der Waals surface area contributed by atoms with Gasteiger partial charge in [-0.05, 0) is 30.9 Å². The van der Waals surface area contributed by atoms with E-state index in [0.29, 0.717) is 6.54 Å². The third-order valence-electron chi connectivity index (χ3n) is 1.86. The summed E-state index contributed by atoms with van der Waals surface area (Å²) in [5.74, 6) is 0.894. The summed E-state index contributed by atoms with van der Waals surface area (Å²) in [4.78, 5) is 2.86. The molecular weight excluding hydrogens is 142 g/mol. The Morgan fingerprint density at radius 2 is 2.30 bits per heavy atom. The maximum atomic E-state index is 5.49. The van der Waals surface area contributed by atoms with Crippen molar-refractivity contribution in [2.75, 3.05) is 0 Å². The fourth-order valence-electron chi connectivity index (χ4n) is 1.09. The zero-order valence-electron chi connectivity index (χ0n) is 5.84. The van der Waals surface area contributed by atoms with E-state index in [4.69, 9.17) is 5.73 Å². The minimum Gasteiger partial charge on any atom is -0.326 e. The van der Waals surface area contributed by atoms with Crippen LogP contribution in [-0.4, -0.2) is 0 Å². The van der Waals surface area contributed by atoms with Crippen LogP contribution < -0.4 is 5.73 Å². The Hall–Kier alpha value is -0.340. The summed E-state index contributed by atoms with van der Waals surface area (Å²) in [6, 6.07) is 4.38. The van der Waals surface area contributed by atoms with Gasteiger partial charge in [0.05, 0.1) is 0 Å². The molecule has 0 atom stereocenters. The highest BCUT2D eigenvalue weighted by molar-refractivity contribution is 7.12. The third kappa shape index (κ3) is 1.09. The van der Waals surface area contributed by atoms with Gasteiger partial charge in [0.25, 0.3) is 0 Å². The molecule has 0 aromatic carbocycles. The second-order valence-corrected chi connectivity index (χ2v) is 3.98. The molecular formula is C8H11NS. The molecule has 1 fully saturated rings. The van der Waals surface area contributed by atoms with Crippen LogP contribution in [0.4, 0.5) is 0 Å². The molecule has 1 heterocycles. The summed E-state index contributed by atoms with van der Waals surface area (Å²) in [6.07, 6.45) is 2.79. The molecule has 1 aliphatic carbocycles. The van der Waals surface area contributed by atoms with E-state index in [1.807, 2.05) is 11.3 Å². The first kappa shape index (κ1) is 6.38. The highest BCUT2D eigenvalue weighted by Crippen LogP contribution is 2.43. The monoisotopic (exact) mass is 153 g/mol. The minimum atomic E-state index is 0.706. The van der Waals surface area contributed by atoms with Gasteiger partial charge in [0.15, 0.2) is 0 Å². The molecule has 54 valence electrons. The van der Waals surface area contributed by atoms with E-state index >= 15 is 0 Å². The average molecular weight is 153 g/mol. The molecule has 2 heteroatoms. The lowest BCUT2D eigenvalue weighted by Crippen LogP contribution is -1.91. The second kappa shape index (κ2) is 2.36. The molecule has 0 spiro atoms. The fraction of sp³-hybridized carbons (Fsp3) is 0.500. The van der Waals surface area contributed by atoms with E-state index in [1.165, 1.54) is 17.7 Å². The first-order valence-electron chi connectivity index (χ1n) is 3.69. The Morgan fingerprint density at radius 1 is 1.50 bits per heavy atom. The molecule has 10 heavy (non-hydrogen) atoms. The van der Waals surface area contributed by atoms with Gasteiger partial charge in [0, 0.05) is 16.3 Å². The Labute approximate surface area is 64.9 Å². The van der Waals surface area contributed by atoms with Crippen LogP contribution >= 0.6 is 11.3 Å². The highest BCUT2D eigenvalue weighted by atomic mass is 32.1. The summed E-state index contributed by atoms with van der Waals surface area (Å²) in [7, 11) is 0. The maximum absolute atomic E-state index is 5.49. The molecule has 0 amide bonds. The van der Waals surface area contributed by atoms with Gasteiger partial charge in [-0.3, -0.25) is 0 Å². The Balaban J connectivity index is 2.19. The SMILES string of the molecule is NCc1ccc(C2CC2)s1. The molecule has 2 rings (SSSR count). The smallest absolute Gasteiger partial charge is 0.0273 e. The van der Waals surface area contributed by atoms with E-state index in [9.17, 15) is 0 Å². The number of hydrogen-bond donors (Lipinski definition) is 1. The normalized spacial score (nSPS) is 17.7. The van der Waals surface area contributed by atoms with Crippen LogP contribution in [0.2, 0.25) is 0 Å². The van der Waals surface area contributed by atoms with Crippen LogP contribution in [0.5, 0.6) is 0 Å². The zero-order chi connectivity index (χ0) is 6.97.